The van der Waals surface area contributed by atoms with Gasteiger partial charge in [-0.3, -0.25) is 0 Å². The Hall–Kier alpha value is 0.452. The van der Waals surface area contributed by atoms with Crippen molar-refractivity contribution in [1.29, 1.82) is 0 Å². The maximum absolute atomic E-state index is 10.7. The van der Waals surface area contributed by atoms with Crippen molar-refractivity contribution in [3.8, 4) is 0 Å². The summed E-state index contributed by atoms with van der Waals surface area (Å²) in [5, 5.41) is 8.92. The number of aliphatic hydroxyl groups is 1. The Kier molecular flexibility index (Phi) is 3.19. The van der Waals surface area contributed by atoms with Crippen LogP contribution in [0.2, 0.25) is 1.10 Å². The Labute approximate surface area is 81.0 Å². The van der Waals surface area contributed by atoms with Crippen LogP contribution in [-0.4, -0.2) is 10.9 Å². The van der Waals surface area contributed by atoms with E-state index in [2.05, 4.69) is 0 Å². The third kappa shape index (κ3) is 2.25. The standard InChI is InChI=1S/C6H7O2.Ac.O/c7-5-2-1-3-6(8)4-5;;/h1,4,7H,2-3H2;;. The molecular weight excluding hydrogens is 347 g/mol. The van der Waals surface area contributed by atoms with Crippen molar-refractivity contribution in [2.45, 2.75) is 13.9 Å². The van der Waals surface area contributed by atoms with Crippen molar-refractivity contribution in [2.24, 2.45) is 0 Å². The van der Waals surface area contributed by atoms with Gasteiger partial charge in [0.05, 0.1) is 0 Å². The molecule has 0 saturated carbocycles. The van der Waals surface area contributed by atoms with Gasteiger partial charge in [-0.2, -0.15) is 0 Å². The molecule has 0 aromatic rings. The van der Waals surface area contributed by atoms with Crippen molar-refractivity contribution >= 4 is 5.78 Å². The zero-order chi connectivity index (χ0) is 7.56. The van der Waals surface area contributed by atoms with E-state index in [1.807, 2.05) is 0 Å². The molecule has 4 heteroatoms. The predicted octanol–water partition coefficient (Wildman–Crippen LogP) is 1.01. The molecule has 0 aromatic heterocycles. The summed E-state index contributed by atoms with van der Waals surface area (Å²) in [6, 6.07) is 0. The number of ketones is 1. The fraction of sp³-hybridized carbons (Fsp3) is 0.500. The molecule has 1 aliphatic rings. The molecular formula is C6H7AcO3. The van der Waals surface area contributed by atoms with Gasteiger partial charge >= 0.3 is 82.0 Å². The van der Waals surface area contributed by atoms with Crippen molar-refractivity contribution in [2.75, 3.05) is 0 Å². The molecule has 1 unspecified atom stereocenters. The maximum atomic E-state index is 10.7. The van der Waals surface area contributed by atoms with Gasteiger partial charge in [-0.25, -0.2) is 0 Å². The summed E-state index contributed by atoms with van der Waals surface area (Å²) in [7, 11) is 0. The summed E-state index contributed by atoms with van der Waals surface area (Å²) in [6.07, 6.45) is 2.10. The van der Waals surface area contributed by atoms with Crippen LogP contribution in [0.3, 0.4) is 0 Å². The van der Waals surface area contributed by atoms with Crippen LogP contribution in [0.15, 0.2) is 11.8 Å². The van der Waals surface area contributed by atoms with E-state index in [9.17, 15) is 5.44 Å². The van der Waals surface area contributed by atoms with Crippen LogP contribution >= 0.6 is 0 Å². The van der Waals surface area contributed by atoms with Gasteiger partial charge < -0.3 is 0 Å². The molecule has 0 bridgehead atoms. The Bertz CT molecular complexity index is 197. The van der Waals surface area contributed by atoms with Crippen molar-refractivity contribution < 1.29 is 50.4 Å². The summed E-state index contributed by atoms with van der Waals surface area (Å²) in [6.45, 7) is 0. The SMILES string of the molecule is [O]=[Ac][CH]1CC(=O)C=C(O)C1. The molecule has 0 fully saturated rings. The molecule has 3 nitrogen and oxygen atoms in total. The molecule has 0 radical (unpaired) electrons. The summed E-state index contributed by atoms with van der Waals surface area (Å²) < 4.78 is 10.5. The number of aliphatic hydroxyl groups excluding tert-OH is 1. The molecule has 0 saturated heterocycles. The van der Waals surface area contributed by atoms with E-state index in [-0.39, 0.29) is 12.6 Å². The first kappa shape index (κ1) is 8.55. The number of carbonyl (C=O) groups is 1. The minimum atomic E-state index is -2.00. The number of allylic oxidation sites excluding steroid dienone is 2. The third-order valence-electron chi connectivity index (χ3n) is 1.45. The van der Waals surface area contributed by atoms with Crippen LogP contribution in [0.4, 0.5) is 0 Å². The van der Waals surface area contributed by atoms with Gasteiger partial charge in [0.15, 0.2) is 0 Å². The van der Waals surface area contributed by atoms with E-state index in [0.29, 0.717) is 12.8 Å². The second-order valence-electron chi connectivity index (χ2n) is 2.41. The number of hydrogen-bond acceptors (Lipinski definition) is 3. The molecule has 1 atom stereocenters. The van der Waals surface area contributed by atoms with E-state index >= 15 is 0 Å². The van der Waals surface area contributed by atoms with Crippen LogP contribution in [0.1, 0.15) is 12.8 Å². The Morgan fingerprint density at radius 2 is 2.30 bits per heavy atom. The zero-order valence-electron chi connectivity index (χ0n) is 5.41. The van der Waals surface area contributed by atoms with E-state index in [1.165, 1.54) is 6.08 Å². The van der Waals surface area contributed by atoms with Crippen molar-refractivity contribution in [1.82, 2.24) is 0 Å². The van der Waals surface area contributed by atoms with Crippen LogP contribution in [0, 0.1) is 39.8 Å². The van der Waals surface area contributed by atoms with Gasteiger partial charge in [-0.15, -0.1) is 0 Å². The fourth-order valence-corrected chi connectivity index (χ4v) is 3.74. The predicted molar refractivity (Wildman–Crippen MR) is 29.4 cm³/mol. The van der Waals surface area contributed by atoms with Gasteiger partial charge in [-0.1, -0.05) is 0 Å². The Morgan fingerprint density at radius 1 is 1.60 bits per heavy atom. The number of rotatable bonds is 1. The van der Waals surface area contributed by atoms with Gasteiger partial charge in [0, 0.05) is 0 Å². The second kappa shape index (κ2) is 3.73. The van der Waals surface area contributed by atoms with Crippen LogP contribution in [0.5, 0.6) is 0 Å². The van der Waals surface area contributed by atoms with E-state index in [4.69, 9.17) is 5.11 Å². The zero-order valence-corrected chi connectivity index (χ0v) is 10.2. The summed E-state index contributed by atoms with van der Waals surface area (Å²) in [5.74, 6) is 0.0279. The Balaban J connectivity index is 2.69. The van der Waals surface area contributed by atoms with Crippen LogP contribution in [-0.2, 0) is 5.44 Å². The first-order valence-electron chi connectivity index (χ1n) is 3.10. The Morgan fingerprint density at radius 3 is 2.80 bits per heavy atom. The minimum absolute atomic E-state index is 0.0365. The molecule has 1 rings (SSSR count). The molecule has 10 heavy (non-hydrogen) atoms. The van der Waals surface area contributed by atoms with Gasteiger partial charge in [0.2, 0.25) is 0 Å². The molecule has 1 aliphatic carbocycles. The quantitative estimate of drug-likeness (QED) is 0.765. The monoisotopic (exact) mass is 354 g/mol. The molecule has 0 spiro atoms. The second-order valence-corrected chi connectivity index (χ2v) is 7.40. The van der Waals surface area contributed by atoms with Crippen molar-refractivity contribution in [3.05, 3.63) is 11.8 Å². The molecule has 0 amide bonds. The number of hydrogen-bond donors (Lipinski definition) is 1. The van der Waals surface area contributed by atoms with E-state index in [1.54, 1.807) is 0 Å². The van der Waals surface area contributed by atoms with Crippen LogP contribution < -0.4 is 0 Å². The molecule has 0 aromatic carbocycles. The fourth-order valence-electron chi connectivity index (χ4n) is 0.999. The normalized spacial score (nSPS) is 25.4. The summed E-state index contributed by atoms with van der Waals surface area (Å²) in [5.41, 5.74) is 0. The average Bonchev–Trinajstić information content (AvgIpc) is 1.85. The number of carbonyl (C=O) groups excluding carboxylic acids is 1. The van der Waals surface area contributed by atoms with E-state index < -0.39 is 39.8 Å². The third-order valence-corrected chi connectivity index (χ3v) is 4.97. The first-order valence-corrected chi connectivity index (χ1v) is 7.77. The van der Waals surface area contributed by atoms with Crippen LogP contribution in [0.25, 0.3) is 0 Å². The van der Waals surface area contributed by atoms with Gasteiger partial charge in [-0.05, 0) is 0 Å². The van der Waals surface area contributed by atoms with Gasteiger partial charge in [0.25, 0.3) is 0 Å². The molecule has 0 aliphatic heterocycles. The average molecular weight is 354 g/mol. The van der Waals surface area contributed by atoms with Crippen molar-refractivity contribution in [3.63, 3.8) is 0 Å². The summed E-state index contributed by atoms with van der Waals surface area (Å²) in [4.78, 5) is 10.7. The van der Waals surface area contributed by atoms with E-state index in [0.717, 1.165) is 0 Å². The summed E-state index contributed by atoms with van der Waals surface area (Å²) >= 11 is -2.00. The molecule has 52 valence electrons. The molecule has 0 heterocycles. The van der Waals surface area contributed by atoms with Gasteiger partial charge in [0.1, 0.15) is 0 Å². The topological polar surface area (TPSA) is 54.4 Å². The first-order chi connectivity index (χ1) is 4.72. The molecule has 1 N–H and O–H groups in total.